The van der Waals surface area contributed by atoms with Crippen molar-refractivity contribution in [2.24, 2.45) is 4.99 Å². The number of non-ortho nitro benzene ring substituents is 1. The van der Waals surface area contributed by atoms with Crippen LogP contribution in [-0.2, 0) is 58.8 Å². The number of aliphatic imine (C=N–C) groups is 1. The van der Waals surface area contributed by atoms with Crippen LogP contribution in [0.25, 0.3) is 11.1 Å². The second kappa shape index (κ2) is 20.6. The number of nitrogens with zero attached hydrogens (tertiary/aromatic N) is 2. The zero-order valence-corrected chi connectivity index (χ0v) is 34.1. The van der Waals surface area contributed by atoms with Gasteiger partial charge in [0, 0.05) is 58.2 Å². The molecule has 0 aromatic heterocycles. The molecule has 2 N–H and O–H groups in total. The number of nitro benzene ring substituents is 1. The predicted molar refractivity (Wildman–Crippen MR) is 214 cm³/mol. The van der Waals surface area contributed by atoms with E-state index < -0.39 is 84.1 Å². The van der Waals surface area contributed by atoms with E-state index in [0.29, 0.717) is 5.56 Å². The molecule has 1 saturated heterocycles. The summed E-state index contributed by atoms with van der Waals surface area (Å²) in [5.74, 6) is -4.02. The number of alkyl carbamates (subject to hydrolysis) is 1. The van der Waals surface area contributed by atoms with Crippen molar-refractivity contribution < 1.29 is 62.1 Å². The Morgan fingerprint density at radius 1 is 0.767 bits per heavy atom. The molecule has 0 unspecified atom stereocenters. The van der Waals surface area contributed by atoms with Crippen LogP contribution in [0.5, 0.6) is 0 Å². The fraction of sp³-hybridized carbons (Fsp3) is 0.390. The normalized spacial score (nSPS) is 20.0. The highest BCUT2D eigenvalue weighted by molar-refractivity contribution is 8.13. The van der Waals surface area contributed by atoms with Crippen LogP contribution in [0.3, 0.4) is 0 Å². The highest BCUT2D eigenvalue weighted by atomic mass is 32.2. The molecule has 0 spiro atoms. The molecule has 6 atom stereocenters. The summed E-state index contributed by atoms with van der Waals surface area (Å²) >= 11 is 0.962. The Morgan fingerprint density at radius 2 is 1.33 bits per heavy atom. The largest absolute Gasteiger partial charge is 0.463 e. The summed E-state index contributed by atoms with van der Waals surface area (Å²) in [6, 6.07) is 20.5. The number of carbonyl (C=O) groups is 6. The molecule has 1 aliphatic carbocycles. The molecule has 0 radical (unpaired) electrons. The summed E-state index contributed by atoms with van der Waals surface area (Å²) in [5, 5.41) is 16.6. The fourth-order valence-electron chi connectivity index (χ4n) is 6.97. The summed E-state index contributed by atoms with van der Waals surface area (Å²) in [5.41, 5.74) is 4.55. The maximum Gasteiger partial charge on any atom is 0.407 e. The zero-order valence-electron chi connectivity index (χ0n) is 33.3. The quantitative estimate of drug-likeness (QED) is 0.0573. The molecule has 2 aliphatic rings. The third-order valence-corrected chi connectivity index (χ3v) is 9.97. The highest BCUT2D eigenvalue weighted by Crippen LogP contribution is 2.44. The number of hydrogen-bond donors (Lipinski definition) is 2. The van der Waals surface area contributed by atoms with Gasteiger partial charge < -0.3 is 39.1 Å². The first-order chi connectivity index (χ1) is 28.6. The number of nitrogens with one attached hydrogen (secondary N) is 2. The lowest BCUT2D eigenvalue weighted by atomic mass is 9.97. The third-order valence-electron chi connectivity index (χ3n) is 9.38. The number of hydrogen-bond acceptors (Lipinski definition) is 16. The minimum atomic E-state index is -1.51. The highest BCUT2D eigenvalue weighted by Gasteiger charge is 2.52. The van der Waals surface area contributed by atoms with Crippen molar-refractivity contribution in [1.82, 2.24) is 10.6 Å². The molecule has 18 nitrogen and oxygen atoms in total. The minimum Gasteiger partial charge on any atom is -0.463 e. The Labute approximate surface area is 348 Å². The lowest BCUT2D eigenvalue weighted by molar-refractivity contribution is -0.384. The monoisotopic (exact) mass is 848 g/mol. The van der Waals surface area contributed by atoms with Gasteiger partial charge in [-0.3, -0.25) is 34.1 Å². The molecule has 3 aromatic carbocycles. The number of nitro groups is 1. The Morgan fingerprint density at radius 3 is 1.88 bits per heavy atom. The Balaban J connectivity index is 1.36. The van der Waals surface area contributed by atoms with Gasteiger partial charge >= 0.3 is 30.0 Å². The number of ether oxygens (including phenoxy) is 6. The lowest BCUT2D eigenvalue weighted by Crippen LogP contribution is -2.62. The average molecular weight is 849 g/mol. The van der Waals surface area contributed by atoms with Gasteiger partial charge in [0.05, 0.1) is 4.92 Å². The third kappa shape index (κ3) is 11.9. The molecule has 60 heavy (non-hydrogen) atoms. The van der Waals surface area contributed by atoms with E-state index in [4.69, 9.17) is 28.4 Å². The van der Waals surface area contributed by atoms with Gasteiger partial charge in [0.15, 0.2) is 29.7 Å². The molecule has 5 rings (SSSR count). The number of fused-ring (bicyclic) bond motifs is 3. The van der Waals surface area contributed by atoms with E-state index in [1.165, 1.54) is 24.3 Å². The van der Waals surface area contributed by atoms with E-state index in [0.717, 1.165) is 61.7 Å². The van der Waals surface area contributed by atoms with Gasteiger partial charge in [-0.2, -0.15) is 0 Å². The molecule has 0 bridgehead atoms. The summed E-state index contributed by atoms with van der Waals surface area (Å²) in [6.45, 7) is 3.94. The molecule has 19 heteroatoms. The molecular formula is C41H44N4O14S. The van der Waals surface area contributed by atoms with Crippen molar-refractivity contribution >= 4 is 58.5 Å². The van der Waals surface area contributed by atoms with Gasteiger partial charge in [0.1, 0.15) is 19.3 Å². The van der Waals surface area contributed by atoms with Crippen LogP contribution in [0.1, 0.15) is 56.7 Å². The standard InChI is InChI=1S/C41H44N4O14S/c1-22(46)54-21-34-36(56-23(2)47)37(57-24(3)48)38(58-25(4)49)39(59-34)44-40(60-5)43-35(50)19-27(18-26-14-16-28(17-15-26)45(52)53)42-41(51)55-20-33-31-12-8-6-10-29(31)30-11-7-9-13-32(30)33/h6-17,27,33-34,36-39H,18-21H2,1-5H3,(H,42,51)(H,43,44,50)/t27-,34+,36+,37-,38+,39-/m0/s1. The van der Waals surface area contributed by atoms with Crippen molar-refractivity contribution in [1.29, 1.82) is 0 Å². The van der Waals surface area contributed by atoms with Crippen LogP contribution in [0.2, 0.25) is 0 Å². The van der Waals surface area contributed by atoms with Gasteiger partial charge in [-0.1, -0.05) is 72.4 Å². The van der Waals surface area contributed by atoms with Gasteiger partial charge in [-0.15, -0.1) is 0 Å². The first-order valence-corrected chi connectivity index (χ1v) is 19.9. The molecule has 3 aromatic rings. The number of rotatable bonds is 14. The molecular weight excluding hydrogens is 805 g/mol. The molecule has 1 aliphatic heterocycles. The van der Waals surface area contributed by atoms with E-state index in [2.05, 4.69) is 15.6 Å². The number of thioether (sulfide) groups is 1. The van der Waals surface area contributed by atoms with Crippen LogP contribution in [0.15, 0.2) is 77.8 Å². The number of amidine groups is 1. The van der Waals surface area contributed by atoms with Gasteiger partial charge in [0.25, 0.3) is 5.69 Å². The Kier molecular flexibility index (Phi) is 15.3. The molecule has 2 amide bonds. The maximum atomic E-state index is 13.7. The molecule has 1 heterocycles. The second-order valence-corrected chi connectivity index (χ2v) is 14.6. The first-order valence-electron chi connectivity index (χ1n) is 18.7. The van der Waals surface area contributed by atoms with Crippen LogP contribution >= 0.6 is 11.8 Å². The van der Waals surface area contributed by atoms with E-state index in [9.17, 15) is 38.9 Å². The zero-order chi connectivity index (χ0) is 43.5. The van der Waals surface area contributed by atoms with Gasteiger partial charge in [0.2, 0.25) is 5.91 Å². The van der Waals surface area contributed by atoms with Crippen LogP contribution < -0.4 is 10.6 Å². The second-order valence-electron chi connectivity index (χ2n) is 13.8. The molecule has 318 valence electrons. The van der Waals surface area contributed by atoms with Crippen LogP contribution in [-0.4, -0.2) is 102 Å². The number of amides is 2. The molecule has 0 saturated carbocycles. The Hall–Kier alpha value is -6.34. The smallest absolute Gasteiger partial charge is 0.407 e. The van der Waals surface area contributed by atoms with E-state index in [1.54, 1.807) is 6.26 Å². The van der Waals surface area contributed by atoms with E-state index in [1.807, 2.05) is 48.5 Å². The van der Waals surface area contributed by atoms with Gasteiger partial charge in [-0.05, 0) is 40.5 Å². The summed E-state index contributed by atoms with van der Waals surface area (Å²) < 4.78 is 33.3. The van der Waals surface area contributed by atoms with E-state index >= 15 is 0 Å². The molecule has 1 fully saturated rings. The summed E-state index contributed by atoms with van der Waals surface area (Å²) in [7, 11) is 0. The predicted octanol–water partition coefficient (Wildman–Crippen LogP) is 4.35. The lowest BCUT2D eigenvalue weighted by Gasteiger charge is -2.43. The first kappa shape index (κ1) is 44.8. The van der Waals surface area contributed by atoms with Crippen molar-refractivity contribution in [2.75, 3.05) is 19.5 Å². The van der Waals surface area contributed by atoms with E-state index in [-0.39, 0.29) is 36.2 Å². The van der Waals surface area contributed by atoms with Crippen molar-refractivity contribution in [3.05, 3.63) is 99.6 Å². The maximum absolute atomic E-state index is 13.7. The van der Waals surface area contributed by atoms with Crippen LogP contribution in [0, 0.1) is 10.1 Å². The number of benzene rings is 3. The van der Waals surface area contributed by atoms with Crippen LogP contribution in [0.4, 0.5) is 10.5 Å². The van der Waals surface area contributed by atoms with Crippen molar-refractivity contribution in [3.63, 3.8) is 0 Å². The van der Waals surface area contributed by atoms with Crippen molar-refractivity contribution in [2.45, 2.75) is 83.1 Å². The average Bonchev–Trinajstić information content (AvgIpc) is 3.51. The number of esters is 4. The van der Waals surface area contributed by atoms with Crippen molar-refractivity contribution in [3.8, 4) is 11.1 Å². The fourth-order valence-corrected chi connectivity index (χ4v) is 7.40. The topological polar surface area (TPSA) is 237 Å². The number of carbonyl (C=O) groups excluding carboxylic acids is 6. The summed E-state index contributed by atoms with van der Waals surface area (Å²) in [4.78, 5) is 90.7. The summed E-state index contributed by atoms with van der Waals surface area (Å²) in [6.07, 6.45) is -6.64. The Bertz CT molecular complexity index is 2080. The minimum absolute atomic E-state index is 0.00950. The van der Waals surface area contributed by atoms with Gasteiger partial charge in [-0.25, -0.2) is 9.79 Å². The SMILES string of the molecule is CS/C(=N/[C@H]1O[C@H](COC(C)=O)[C@@H](OC(C)=O)[C@H](OC(C)=O)[C@H]1OC(C)=O)NC(=O)C[C@H](Cc1ccc([N+](=O)[O-])cc1)NC(=O)OCC1c2ccccc2-c2ccccc21.